The summed E-state index contributed by atoms with van der Waals surface area (Å²) in [7, 11) is 0. The molecule has 1 aromatic carbocycles. The predicted molar refractivity (Wildman–Crippen MR) is 97.6 cm³/mol. The molecule has 1 aliphatic carbocycles. The van der Waals surface area contributed by atoms with E-state index in [0.717, 1.165) is 30.7 Å². The summed E-state index contributed by atoms with van der Waals surface area (Å²) in [5.74, 6) is -0.318. The van der Waals surface area contributed by atoms with Crippen LogP contribution < -0.4 is 10.6 Å². The molecule has 0 saturated heterocycles. The molecule has 6 nitrogen and oxygen atoms in total. The summed E-state index contributed by atoms with van der Waals surface area (Å²) in [5.41, 5.74) is 3.15. The number of imide groups is 1. The number of aryl methyl sites for hydroxylation is 1. The number of aromatic amines is 1. The van der Waals surface area contributed by atoms with Gasteiger partial charge in [0.15, 0.2) is 5.16 Å². The predicted octanol–water partition coefficient (Wildman–Crippen LogP) is 2.78. The fourth-order valence-corrected chi connectivity index (χ4v) is 3.24. The molecular weight excluding hydrogens is 336 g/mol. The summed E-state index contributed by atoms with van der Waals surface area (Å²) < 4.78 is 0. The summed E-state index contributed by atoms with van der Waals surface area (Å²) in [6, 6.07) is 9.94. The van der Waals surface area contributed by atoms with Crippen LogP contribution in [0.2, 0.25) is 0 Å². The Bertz CT molecular complexity index is 756. The molecule has 0 aliphatic heterocycles. The van der Waals surface area contributed by atoms with E-state index in [1.807, 2.05) is 25.1 Å². The van der Waals surface area contributed by atoms with Gasteiger partial charge in [0, 0.05) is 18.2 Å². The van der Waals surface area contributed by atoms with Crippen LogP contribution in [0.5, 0.6) is 0 Å². The minimum Gasteiger partial charge on any atom is -0.337 e. The number of carbonyl (C=O) groups is 2. The average molecular weight is 358 g/mol. The van der Waals surface area contributed by atoms with Gasteiger partial charge < -0.3 is 10.3 Å². The van der Waals surface area contributed by atoms with Crippen LogP contribution in [0.15, 0.2) is 35.5 Å². The summed E-state index contributed by atoms with van der Waals surface area (Å²) in [6.07, 6.45) is 2.72. The highest BCUT2D eigenvalue weighted by molar-refractivity contribution is 8.00. The summed E-state index contributed by atoms with van der Waals surface area (Å²) in [5, 5.41) is 5.39. The maximum absolute atomic E-state index is 12.1. The van der Waals surface area contributed by atoms with Gasteiger partial charge in [0.05, 0.1) is 10.9 Å². The molecule has 1 heterocycles. The number of urea groups is 1. The van der Waals surface area contributed by atoms with Crippen molar-refractivity contribution in [3.8, 4) is 0 Å². The molecule has 0 radical (unpaired) electrons. The third-order valence-corrected chi connectivity index (χ3v) is 4.97. The number of nitrogens with one attached hydrogen (secondary N) is 3. The molecular formula is C18H22N4O2S. The van der Waals surface area contributed by atoms with E-state index in [9.17, 15) is 9.59 Å². The van der Waals surface area contributed by atoms with E-state index in [2.05, 4.69) is 32.7 Å². The largest absolute Gasteiger partial charge is 0.337 e. The molecule has 2 aromatic rings. The fraction of sp³-hybridized carbons (Fsp3) is 0.389. The minimum absolute atomic E-state index is 0.226. The summed E-state index contributed by atoms with van der Waals surface area (Å²) >= 11 is 1.32. The van der Waals surface area contributed by atoms with Crippen molar-refractivity contribution in [3.63, 3.8) is 0 Å². The number of thioether (sulfide) groups is 1. The first-order chi connectivity index (χ1) is 12.0. The lowest BCUT2D eigenvalue weighted by atomic mass is 10.1. The van der Waals surface area contributed by atoms with Gasteiger partial charge in [0.2, 0.25) is 5.91 Å². The molecule has 1 fully saturated rings. The first-order valence-corrected chi connectivity index (χ1v) is 9.26. The number of rotatable bonds is 6. The lowest BCUT2D eigenvalue weighted by Crippen LogP contribution is -2.43. The van der Waals surface area contributed by atoms with E-state index in [4.69, 9.17) is 0 Å². The van der Waals surface area contributed by atoms with Gasteiger partial charge in [0.25, 0.3) is 0 Å². The average Bonchev–Trinajstić information content (AvgIpc) is 3.32. The van der Waals surface area contributed by atoms with E-state index in [-0.39, 0.29) is 11.9 Å². The van der Waals surface area contributed by atoms with Crippen molar-refractivity contribution in [1.82, 2.24) is 20.6 Å². The first kappa shape index (κ1) is 17.5. The van der Waals surface area contributed by atoms with E-state index in [0.29, 0.717) is 5.16 Å². The van der Waals surface area contributed by atoms with Crippen molar-refractivity contribution < 1.29 is 9.59 Å². The van der Waals surface area contributed by atoms with E-state index in [1.165, 1.54) is 17.3 Å². The smallest absolute Gasteiger partial charge is 0.321 e. The monoisotopic (exact) mass is 358 g/mol. The van der Waals surface area contributed by atoms with Crippen molar-refractivity contribution in [2.24, 2.45) is 0 Å². The number of nitrogens with zero attached hydrogens (tertiary/aromatic N) is 1. The van der Waals surface area contributed by atoms with Crippen molar-refractivity contribution in [2.75, 3.05) is 0 Å². The molecule has 3 rings (SSSR count). The second-order valence-electron chi connectivity index (χ2n) is 6.27. The number of imidazole rings is 1. The van der Waals surface area contributed by atoms with E-state index in [1.54, 1.807) is 6.92 Å². The number of aromatic nitrogens is 2. The molecule has 0 bridgehead atoms. The molecule has 1 aliphatic rings. The van der Waals surface area contributed by atoms with Gasteiger partial charge in [-0.05, 0) is 32.3 Å². The van der Waals surface area contributed by atoms with Crippen LogP contribution in [0, 0.1) is 6.92 Å². The minimum atomic E-state index is -0.417. The standard InChI is InChI=1S/C18H22N4O2S/c1-11-15(10-13-6-4-3-5-7-13)21-18(19-11)25-12(2)16(23)22-17(24)20-14-8-9-14/h3-7,12,14H,8-10H2,1-2H3,(H,19,21)(H2,20,22,23,24)/t12-/m0/s1. The van der Waals surface area contributed by atoms with Crippen LogP contribution >= 0.6 is 11.8 Å². The Balaban J connectivity index is 1.55. The second-order valence-corrected chi connectivity index (χ2v) is 7.60. The lowest BCUT2D eigenvalue weighted by Gasteiger charge is -2.10. The van der Waals surface area contributed by atoms with Crippen LogP contribution in [0.1, 0.15) is 36.7 Å². The molecule has 1 atom stereocenters. The Hall–Kier alpha value is -2.28. The zero-order valence-corrected chi connectivity index (χ0v) is 15.2. The first-order valence-electron chi connectivity index (χ1n) is 8.38. The number of hydrogen-bond donors (Lipinski definition) is 3. The van der Waals surface area contributed by atoms with Crippen LogP contribution in [0.3, 0.4) is 0 Å². The molecule has 25 heavy (non-hydrogen) atoms. The van der Waals surface area contributed by atoms with Gasteiger partial charge in [-0.1, -0.05) is 42.1 Å². The Morgan fingerprint density at radius 3 is 2.72 bits per heavy atom. The third kappa shape index (κ3) is 5.09. The molecule has 0 spiro atoms. The van der Waals surface area contributed by atoms with Crippen molar-refractivity contribution in [2.45, 2.75) is 49.6 Å². The number of H-pyrrole nitrogens is 1. The Kier molecular flexibility index (Phi) is 5.43. The topological polar surface area (TPSA) is 86.9 Å². The molecule has 7 heteroatoms. The number of amides is 3. The second kappa shape index (κ2) is 7.74. The highest BCUT2D eigenvalue weighted by Gasteiger charge is 2.25. The van der Waals surface area contributed by atoms with Gasteiger partial charge in [-0.2, -0.15) is 0 Å². The third-order valence-electron chi connectivity index (χ3n) is 3.99. The van der Waals surface area contributed by atoms with E-state index < -0.39 is 11.3 Å². The maximum atomic E-state index is 12.1. The van der Waals surface area contributed by atoms with Gasteiger partial charge in [-0.15, -0.1) is 0 Å². The zero-order valence-electron chi connectivity index (χ0n) is 14.3. The fourth-order valence-electron chi connectivity index (χ4n) is 2.37. The summed E-state index contributed by atoms with van der Waals surface area (Å²) in [4.78, 5) is 31.6. The molecule has 1 saturated carbocycles. The van der Waals surface area contributed by atoms with Gasteiger partial charge in [-0.3, -0.25) is 10.1 Å². The zero-order chi connectivity index (χ0) is 17.8. The van der Waals surface area contributed by atoms with Crippen LogP contribution in [0.4, 0.5) is 4.79 Å². The molecule has 1 aromatic heterocycles. The van der Waals surface area contributed by atoms with Gasteiger partial charge >= 0.3 is 6.03 Å². The van der Waals surface area contributed by atoms with E-state index >= 15 is 0 Å². The quantitative estimate of drug-likeness (QED) is 0.693. The number of hydrogen-bond acceptors (Lipinski definition) is 4. The number of carbonyl (C=O) groups excluding carboxylic acids is 2. The van der Waals surface area contributed by atoms with Crippen LogP contribution in [0.25, 0.3) is 0 Å². The van der Waals surface area contributed by atoms with Crippen molar-refractivity contribution in [3.05, 3.63) is 47.3 Å². The Labute approximate surface area is 151 Å². The SMILES string of the molecule is Cc1[nH]c(S[C@@H](C)C(=O)NC(=O)NC2CC2)nc1Cc1ccccc1. The molecule has 3 amide bonds. The molecule has 132 valence electrons. The summed E-state index contributed by atoms with van der Waals surface area (Å²) in [6.45, 7) is 3.74. The Morgan fingerprint density at radius 2 is 2.04 bits per heavy atom. The van der Waals surface area contributed by atoms with Crippen molar-refractivity contribution >= 4 is 23.7 Å². The normalized spacial score (nSPS) is 14.8. The van der Waals surface area contributed by atoms with Crippen molar-refractivity contribution in [1.29, 1.82) is 0 Å². The maximum Gasteiger partial charge on any atom is 0.321 e. The van der Waals surface area contributed by atoms with Crippen LogP contribution in [-0.4, -0.2) is 33.2 Å². The highest BCUT2D eigenvalue weighted by Crippen LogP contribution is 2.23. The lowest BCUT2D eigenvalue weighted by molar-refractivity contribution is -0.119. The molecule has 3 N–H and O–H groups in total. The molecule has 0 unspecified atom stereocenters. The van der Waals surface area contributed by atoms with Crippen LogP contribution in [-0.2, 0) is 11.2 Å². The number of benzene rings is 1. The van der Waals surface area contributed by atoms with Gasteiger partial charge in [0.1, 0.15) is 0 Å². The highest BCUT2D eigenvalue weighted by atomic mass is 32.2. The Morgan fingerprint density at radius 1 is 1.32 bits per heavy atom. The van der Waals surface area contributed by atoms with Gasteiger partial charge in [-0.25, -0.2) is 9.78 Å².